The molecule has 0 unspecified atom stereocenters. The third kappa shape index (κ3) is 3.79. The molecule has 1 fully saturated rings. The molecule has 0 bridgehead atoms. The molecule has 1 aliphatic rings. The van der Waals surface area contributed by atoms with Crippen LogP contribution in [0.4, 0.5) is 5.69 Å². The van der Waals surface area contributed by atoms with E-state index in [0.29, 0.717) is 38.3 Å². The van der Waals surface area contributed by atoms with E-state index in [9.17, 15) is 14.4 Å². The summed E-state index contributed by atoms with van der Waals surface area (Å²) in [4.78, 5) is 40.7. The zero-order chi connectivity index (χ0) is 19.6. The van der Waals surface area contributed by atoms with Crippen LogP contribution in [0.3, 0.4) is 0 Å². The zero-order valence-corrected chi connectivity index (χ0v) is 16.1. The van der Waals surface area contributed by atoms with Crippen LogP contribution in [0, 0.1) is 6.92 Å². The highest BCUT2D eigenvalue weighted by atomic mass is 16.2. The Morgan fingerprint density at radius 3 is 2.15 bits per heavy atom. The molecule has 1 aromatic carbocycles. The van der Waals surface area contributed by atoms with Gasteiger partial charge in [0.1, 0.15) is 5.56 Å². The van der Waals surface area contributed by atoms with Crippen LogP contribution in [0.5, 0.6) is 0 Å². The number of piperazine rings is 1. The van der Waals surface area contributed by atoms with Crippen LogP contribution in [0.1, 0.15) is 40.3 Å². The van der Waals surface area contributed by atoms with Crippen molar-refractivity contribution in [3.8, 4) is 0 Å². The van der Waals surface area contributed by atoms with Crippen molar-refractivity contribution in [1.29, 1.82) is 0 Å². The smallest absolute Gasteiger partial charge is 0.263 e. The van der Waals surface area contributed by atoms with Crippen molar-refractivity contribution in [2.45, 2.75) is 27.3 Å². The van der Waals surface area contributed by atoms with Crippen molar-refractivity contribution in [2.75, 3.05) is 31.1 Å². The molecule has 1 aromatic heterocycles. The predicted octanol–water partition coefficient (Wildman–Crippen LogP) is 2.34. The average Bonchev–Trinajstić information content (AvgIpc) is 2.68. The molecule has 0 saturated carbocycles. The number of rotatable bonds is 4. The van der Waals surface area contributed by atoms with E-state index < -0.39 is 0 Å². The number of benzene rings is 1. The highest BCUT2D eigenvalue weighted by Gasteiger charge is 2.24. The molecule has 2 heterocycles. The zero-order valence-electron chi connectivity index (χ0n) is 16.1. The number of anilines is 1. The van der Waals surface area contributed by atoms with Gasteiger partial charge in [-0.3, -0.25) is 14.4 Å². The summed E-state index contributed by atoms with van der Waals surface area (Å²) in [5.74, 6) is -0.151. The molecule has 0 spiro atoms. The van der Waals surface area contributed by atoms with E-state index in [4.69, 9.17) is 0 Å². The molecular weight excluding hydrogens is 342 g/mol. The van der Waals surface area contributed by atoms with E-state index in [2.05, 4.69) is 4.90 Å². The van der Waals surface area contributed by atoms with Gasteiger partial charge in [0.25, 0.3) is 11.5 Å². The minimum atomic E-state index is -0.218. The van der Waals surface area contributed by atoms with E-state index in [1.165, 1.54) is 0 Å². The van der Waals surface area contributed by atoms with Crippen LogP contribution < -0.4 is 10.5 Å². The molecule has 1 aliphatic heterocycles. The molecule has 6 heteroatoms. The molecule has 3 rings (SSSR count). The number of amides is 1. The lowest BCUT2D eigenvalue weighted by Crippen LogP contribution is -2.50. The molecule has 1 amide bonds. The Morgan fingerprint density at radius 1 is 0.963 bits per heavy atom. The molecule has 27 heavy (non-hydrogen) atoms. The first-order valence-electron chi connectivity index (χ1n) is 9.28. The fourth-order valence-corrected chi connectivity index (χ4v) is 3.47. The van der Waals surface area contributed by atoms with Crippen molar-refractivity contribution in [2.24, 2.45) is 0 Å². The second kappa shape index (κ2) is 7.78. The number of pyridine rings is 1. The van der Waals surface area contributed by atoms with Gasteiger partial charge in [-0.05, 0) is 57.2 Å². The summed E-state index contributed by atoms with van der Waals surface area (Å²) in [5, 5.41) is 0. The third-order valence-corrected chi connectivity index (χ3v) is 5.15. The number of ketones is 1. The number of carbonyl (C=O) groups is 2. The van der Waals surface area contributed by atoms with Gasteiger partial charge < -0.3 is 14.4 Å². The van der Waals surface area contributed by atoms with Crippen LogP contribution in [0.2, 0.25) is 0 Å². The van der Waals surface area contributed by atoms with Crippen LogP contribution in [0.15, 0.2) is 41.2 Å². The highest BCUT2D eigenvalue weighted by Crippen LogP contribution is 2.18. The van der Waals surface area contributed by atoms with Crippen molar-refractivity contribution >= 4 is 17.4 Å². The van der Waals surface area contributed by atoms with Crippen LogP contribution in [-0.4, -0.2) is 47.3 Å². The lowest BCUT2D eigenvalue weighted by atomic mass is 10.1. The number of aromatic nitrogens is 1. The molecule has 0 N–H and O–H groups in total. The Bertz CT molecular complexity index is 907. The van der Waals surface area contributed by atoms with E-state index in [1.807, 2.05) is 44.2 Å². The number of Topliss-reactive ketones (excluding diaryl/α,β-unsaturated/α-hetero) is 1. The van der Waals surface area contributed by atoms with Gasteiger partial charge in [0.2, 0.25) is 0 Å². The summed E-state index contributed by atoms with van der Waals surface area (Å²) in [6.07, 6.45) is 0. The molecule has 142 valence electrons. The largest absolute Gasteiger partial charge is 0.368 e. The number of hydrogen-bond acceptors (Lipinski definition) is 4. The summed E-state index contributed by atoms with van der Waals surface area (Å²) in [7, 11) is 0. The lowest BCUT2D eigenvalue weighted by Gasteiger charge is -2.36. The fraction of sp³-hybridized carbons (Fsp3) is 0.381. The Hall–Kier alpha value is -2.89. The monoisotopic (exact) mass is 367 g/mol. The van der Waals surface area contributed by atoms with E-state index in [1.54, 1.807) is 22.5 Å². The van der Waals surface area contributed by atoms with Gasteiger partial charge in [0.05, 0.1) is 0 Å². The van der Waals surface area contributed by atoms with E-state index in [0.717, 1.165) is 11.4 Å². The number of nitrogens with zero attached hydrogens (tertiary/aromatic N) is 3. The van der Waals surface area contributed by atoms with Gasteiger partial charge in [-0.15, -0.1) is 0 Å². The van der Waals surface area contributed by atoms with Crippen LogP contribution in [-0.2, 0) is 6.54 Å². The minimum absolute atomic E-state index is 0.0489. The summed E-state index contributed by atoms with van der Waals surface area (Å²) >= 11 is 0. The first-order chi connectivity index (χ1) is 12.9. The fourth-order valence-electron chi connectivity index (χ4n) is 3.47. The Kier molecular flexibility index (Phi) is 5.44. The Morgan fingerprint density at radius 2 is 1.59 bits per heavy atom. The first kappa shape index (κ1) is 18.9. The molecule has 0 aliphatic carbocycles. The number of carbonyl (C=O) groups excluding carboxylic acids is 2. The van der Waals surface area contributed by atoms with E-state index in [-0.39, 0.29) is 22.8 Å². The molecular formula is C21H25N3O3. The normalized spacial score (nSPS) is 14.3. The molecule has 2 aromatic rings. The molecule has 6 nitrogen and oxygen atoms in total. The maximum Gasteiger partial charge on any atom is 0.263 e. The number of aryl methyl sites for hydroxylation is 1. The average molecular weight is 367 g/mol. The maximum atomic E-state index is 12.8. The number of hydrogen-bond donors (Lipinski definition) is 0. The van der Waals surface area contributed by atoms with Crippen LogP contribution in [0.25, 0.3) is 0 Å². The quantitative estimate of drug-likeness (QED) is 0.778. The van der Waals surface area contributed by atoms with Gasteiger partial charge in [-0.1, -0.05) is 0 Å². The van der Waals surface area contributed by atoms with E-state index >= 15 is 0 Å². The predicted molar refractivity (Wildman–Crippen MR) is 106 cm³/mol. The summed E-state index contributed by atoms with van der Waals surface area (Å²) < 4.78 is 1.63. The van der Waals surface area contributed by atoms with Crippen molar-refractivity contribution in [1.82, 2.24) is 9.47 Å². The summed E-state index contributed by atoms with van der Waals surface area (Å²) in [6.45, 7) is 8.39. The SMILES string of the molecule is CCn1c(C)ccc(C(=O)N2CCN(c3ccc(C(C)=O)cc3)CC2)c1=O. The second-order valence-corrected chi connectivity index (χ2v) is 6.82. The Balaban J connectivity index is 1.69. The minimum Gasteiger partial charge on any atom is -0.368 e. The van der Waals surface area contributed by atoms with Crippen molar-refractivity contribution < 1.29 is 9.59 Å². The first-order valence-corrected chi connectivity index (χ1v) is 9.28. The van der Waals surface area contributed by atoms with Crippen molar-refractivity contribution in [3.05, 3.63) is 63.6 Å². The third-order valence-electron chi connectivity index (χ3n) is 5.15. The van der Waals surface area contributed by atoms with Gasteiger partial charge in [0.15, 0.2) is 5.78 Å². The highest BCUT2D eigenvalue weighted by molar-refractivity contribution is 5.95. The summed E-state index contributed by atoms with van der Waals surface area (Å²) in [5.41, 5.74) is 2.61. The molecule has 0 atom stereocenters. The van der Waals surface area contributed by atoms with Gasteiger partial charge >= 0.3 is 0 Å². The second-order valence-electron chi connectivity index (χ2n) is 6.82. The Labute approximate surface area is 159 Å². The van der Waals surface area contributed by atoms with Gasteiger partial charge in [-0.2, -0.15) is 0 Å². The maximum absolute atomic E-state index is 12.8. The van der Waals surface area contributed by atoms with Gasteiger partial charge in [-0.25, -0.2) is 0 Å². The van der Waals surface area contributed by atoms with Crippen LogP contribution >= 0.6 is 0 Å². The topological polar surface area (TPSA) is 62.6 Å². The van der Waals surface area contributed by atoms with Crippen molar-refractivity contribution in [3.63, 3.8) is 0 Å². The summed E-state index contributed by atoms with van der Waals surface area (Å²) in [6, 6.07) is 11.0. The lowest BCUT2D eigenvalue weighted by molar-refractivity contribution is 0.0744. The standard InChI is InChI=1S/C21H25N3O3/c1-4-24-15(2)5-10-19(21(24)27)20(26)23-13-11-22(12-14-23)18-8-6-17(7-9-18)16(3)25/h5-10H,4,11-14H2,1-3H3. The molecule has 0 radical (unpaired) electrons. The molecule has 1 saturated heterocycles. The van der Waals surface area contributed by atoms with Gasteiger partial charge in [0, 0.05) is 49.7 Å².